The van der Waals surface area contributed by atoms with E-state index in [0.717, 1.165) is 43.9 Å². The topological polar surface area (TPSA) is 32.3 Å². The number of hydrogen-bond acceptors (Lipinski definition) is 4. The summed E-state index contributed by atoms with van der Waals surface area (Å²) in [6.45, 7) is 12.9. The molecule has 4 heteroatoms. The summed E-state index contributed by atoms with van der Waals surface area (Å²) in [6.07, 6.45) is 3.46. The fourth-order valence-electron chi connectivity index (χ4n) is 2.62. The van der Waals surface area contributed by atoms with E-state index >= 15 is 0 Å². The van der Waals surface area contributed by atoms with Crippen LogP contribution in [0.4, 0.5) is 5.69 Å². The molecule has 0 amide bonds. The molecule has 3 nitrogen and oxygen atoms in total. The Balaban J connectivity index is 2.40. The highest BCUT2D eigenvalue weighted by Gasteiger charge is 2.19. The molecule has 0 radical (unpaired) electrons. The summed E-state index contributed by atoms with van der Waals surface area (Å²) in [5.41, 5.74) is 1.84. The van der Waals surface area contributed by atoms with Crippen molar-refractivity contribution in [3.63, 3.8) is 0 Å². The Labute approximate surface area is 128 Å². The van der Waals surface area contributed by atoms with Gasteiger partial charge in [0.2, 0.25) is 5.43 Å². The molecule has 1 N–H and O–H groups in total. The fourth-order valence-corrected chi connectivity index (χ4v) is 3.06. The number of hydrogen-bond donors (Lipinski definition) is 1. The fraction of sp³-hybridized carbons (Fsp3) is 0.750. The third-order valence-corrected chi connectivity index (χ3v) is 3.96. The summed E-state index contributed by atoms with van der Waals surface area (Å²) in [7, 11) is 0. The van der Waals surface area contributed by atoms with Crippen molar-refractivity contribution >= 4 is 17.9 Å². The average Bonchev–Trinajstić information content (AvgIpc) is 2.41. The Morgan fingerprint density at radius 1 is 1.15 bits per heavy atom. The Kier molecular flexibility index (Phi) is 7.38. The molecule has 0 atom stereocenters. The van der Waals surface area contributed by atoms with Crippen LogP contribution in [0.15, 0.2) is 4.79 Å². The maximum atomic E-state index is 11.7. The van der Waals surface area contributed by atoms with Gasteiger partial charge in [-0.1, -0.05) is 39.9 Å². The van der Waals surface area contributed by atoms with Crippen molar-refractivity contribution in [3.05, 3.63) is 20.3 Å². The van der Waals surface area contributed by atoms with Crippen LogP contribution in [0.1, 0.15) is 58.4 Å². The molecular formula is C16H28N2OS. The third-order valence-electron chi connectivity index (χ3n) is 3.56. The number of anilines is 1. The van der Waals surface area contributed by atoms with Crippen LogP contribution in [-0.2, 0) is 0 Å². The first kappa shape index (κ1) is 17.3. The number of nitrogens with one attached hydrogen (secondary N) is 1. The van der Waals surface area contributed by atoms with E-state index in [1.54, 1.807) is 0 Å². The van der Waals surface area contributed by atoms with Gasteiger partial charge in [0.15, 0.2) is 0 Å². The van der Waals surface area contributed by atoms with E-state index in [4.69, 9.17) is 12.2 Å². The third kappa shape index (κ3) is 4.38. The van der Waals surface area contributed by atoms with Gasteiger partial charge < -0.3 is 10.2 Å². The van der Waals surface area contributed by atoms with Crippen molar-refractivity contribution in [3.8, 4) is 0 Å². The quantitative estimate of drug-likeness (QED) is 0.527. The highest BCUT2D eigenvalue weighted by molar-refractivity contribution is 7.71. The summed E-state index contributed by atoms with van der Waals surface area (Å²) in [4.78, 5) is 14.2. The van der Waals surface area contributed by atoms with E-state index in [0.29, 0.717) is 10.4 Å². The van der Waals surface area contributed by atoms with Crippen LogP contribution in [0.2, 0.25) is 0 Å². The van der Waals surface area contributed by atoms with Crippen molar-refractivity contribution in [2.75, 3.05) is 31.5 Å². The van der Waals surface area contributed by atoms with E-state index in [1.165, 1.54) is 12.8 Å². The number of nitrogens with zero attached hydrogens (tertiary/aromatic N) is 1. The summed E-state index contributed by atoms with van der Waals surface area (Å²) in [5.74, 6) is 0.333. The Bertz CT molecular complexity index is 469. The van der Waals surface area contributed by atoms with Crippen LogP contribution < -0.4 is 10.7 Å². The molecule has 20 heavy (non-hydrogen) atoms. The molecule has 0 unspecified atom stereocenters. The lowest BCUT2D eigenvalue weighted by atomic mass is 9.96. The lowest BCUT2D eigenvalue weighted by Gasteiger charge is -2.22. The monoisotopic (exact) mass is 296 g/mol. The van der Waals surface area contributed by atoms with Crippen LogP contribution in [0.5, 0.6) is 0 Å². The van der Waals surface area contributed by atoms with Gasteiger partial charge in [-0.05, 0) is 44.8 Å². The predicted molar refractivity (Wildman–Crippen MR) is 90.1 cm³/mol. The van der Waals surface area contributed by atoms with Gasteiger partial charge >= 0.3 is 0 Å². The van der Waals surface area contributed by atoms with Gasteiger partial charge in [-0.2, -0.15) is 0 Å². The summed E-state index contributed by atoms with van der Waals surface area (Å²) < 4.78 is 0.529. The molecule has 0 aliphatic carbocycles. The Morgan fingerprint density at radius 3 is 2.25 bits per heavy atom. The van der Waals surface area contributed by atoms with Crippen molar-refractivity contribution in [2.45, 2.75) is 52.9 Å². The molecule has 1 rings (SSSR count). The van der Waals surface area contributed by atoms with E-state index in [9.17, 15) is 4.79 Å². The van der Waals surface area contributed by atoms with Gasteiger partial charge in [0.1, 0.15) is 0 Å². The van der Waals surface area contributed by atoms with Crippen LogP contribution >= 0.6 is 12.2 Å². The minimum absolute atomic E-state index is 0.0303. The van der Waals surface area contributed by atoms with Gasteiger partial charge in [0, 0.05) is 12.1 Å². The van der Waals surface area contributed by atoms with Gasteiger partial charge in [-0.3, -0.25) is 4.79 Å². The molecule has 0 saturated carbocycles. The van der Waals surface area contributed by atoms with Crippen LogP contribution in [0.25, 0.3) is 0 Å². The summed E-state index contributed by atoms with van der Waals surface area (Å²) in [6, 6.07) is 0. The summed E-state index contributed by atoms with van der Waals surface area (Å²) in [5, 5.41) is 3.29. The molecule has 0 aliphatic heterocycles. The standard InChI is InChI=1S/C16H28N2OS/c1-5-9-18(10-6-2)11-7-8-17-14-13(12(3)4)16(20)15(14)19/h12,17H,5-11H2,1-4H3. The van der Waals surface area contributed by atoms with Gasteiger partial charge in [-0.15, -0.1) is 0 Å². The molecule has 1 aromatic carbocycles. The molecule has 0 bridgehead atoms. The molecule has 114 valence electrons. The van der Waals surface area contributed by atoms with Gasteiger partial charge in [-0.25, -0.2) is 0 Å². The molecule has 0 aliphatic rings. The second kappa shape index (κ2) is 8.53. The minimum atomic E-state index is 0.0303. The lowest BCUT2D eigenvalue weighted by Crippen LogP contribution is -2.29. The SMILES string of the molecule is CCCN(CCC)CCCNc1c(C(C)C)c(=S)c1=O. The zero-order valence-electron chi connectivity index (χ0n) is 13.3. The maximum absolute atomic E-state index is 11.7. The normalized spacial score (nSPS) is 11.7. The van der Waals surface area contributed by atoms with E-state index in [-0.39, 0.29) is 5.43 Å². The molecule has 0 fully saturated rings. The van der Waals surface area contributed by atoms with Crippen LogP contribution in [0.3, 0.4) is 0 Å². The van der Waals surface area contributed by atoms with E-state index < -0.39 is 0 Å². The highest BCUT2D eigenvalue weighted by atomic mass is 32.1. The van der Waals surface area contributed by atoms with Crippen molar-refractivity contribution in [1.82, 2.24) is 4.90 Å². The molecule has 0 heterocycles. The second-order valence-electron chi connectivity index (χ2n) is 5.72. The molecule has 0 aromatic heterocycles. The summed E-state index contributed by atoms with van der Waals surface area (Å²) >= 11 is 5.11. The van der Waals surface area contributed by atoms with Crippen molar-refractivity contribution in [1.29, 1.82) is 0 Å². The first-order valence-corrected chi connectivity index (χ1v) is 8.23. The minimum Gasteiger partial charge on any atom is -0.382 e. The first-order valence-electron chi connectivity index (χ1n) is 7.82. The van der Waals surface area contributed by atoms with Gasteiger partial charge in [0.05, 0.1) is 10.2 Å². The van der Waals surface area contributed by atoms with Crippen LogP contribution in [-0.4, -0.2) is 31.1 Å². The maximum Gasteiger partial charge on any atom is 0.220 e. The zero-order chi connectivity index (χ0) is 15.1. The molecule has 0 saturated heterocycles. The Hall–Kier alpha value is -0.740. The van der Waals surface area contributed by atoms with Crippen LogP contribution in [0, 0.1) is 4.51 Å². The molecule has 1 aromatic rings. The first-order chi connectivity index (χ1) is 9.52. The van der Waals surface area contributed by atoms with E-state index in [1.807, 2.05) is 0 Å². The van der Waals surface area contributed by atoms with Crippen molar-refractivity contribution < 1.29 is 0 Å². The van der Waals surface area contributed by atoms with E-state index in [2.05, 4.69) is 37.9 Å². The van der Waals surface area contributed by atoms with Gasteiger partial charge in [0.25, 0.3) is 0 Å². The predicted octanol–water partition coefficient (Wildman–Crippen LogP) is 3.70. The zero-order valence-corrected chi connectivity index (χ0v) is 14.1. The Morgan fingerprint density at radius 2 is 1.75 bits per heavy atom. The van der Waals surface area contributed by atoms with Crippen molar-refractivity contribution in [2.24, 2.45) is 0 Å². The largest absolute Gasteiger partial charge is 0.382 e. The highest BCUT2D eigenvalue weighted by Crippen LogP contribution is 2.25. The molecular weight excluding hydrogens is 268 g/mol. The second-order valence-corrected chi connectivity index (χ2v) is 6.13. The average molecular weight is 296 g/mol. The smallest absolute Gasteiger partial charge is 0.220 e. The lowest BCUT2D eigenvalue weighted by molar-refractivity contribution is 0.274. The number of rotatable bonds is 10. The molecule has 0 spiro atoms.